The fourth-order valence-electron chi connectivity index (χ4n) is 1.84. The number of carbonyl (C=O) groups excluding carboxylic acids is 1. The van der Waals surface area contributed by atoms with E-state index in [0.29, 0.717) is 11.5 Å². The van der Waals surface area contributed by atoms with Crippen molar-refractivity contribution in [2.75, 3.05) is 14.2 Å². The van der Waals surface area contributed by atoms with Crippen LogP contribution in [0.2, 0.25) is 0 Å². The van der Waals surface area contributed by atoms with E-state index >= 15 is 0 Å². The highest BCUT2D eigenvalue weighted by Gasteiger charge is 2.44. The quantitative estimate of drug-likeness (QED) is 0.842. The Labute approximate surface area is 130 Å². The standard InChI is InChI=1S/C16H23NO5/c1-15(2,14(19)20)16(3,4)17-13(18)10-8-7-9-11(21-5)12(10)22-6/h7-9H,1-6H3,(H,17,18)(H,19,20). The number of benzene rings is 1. The molecule has 122 valence electrons. The van der Waals surface area contributed by atoms with Crippen LogP contribution >= 0.6 is 0 Å². The first-order valence-corrected chi connectivity index (χ1v) is 6.85. The maximum atomic E-state index is 12.5. The van der Waals surface area contributed by atoms with Crippen molar-refractivity contribution >= 4 is 11.9 Å². The average molecular weight is 309 g/mol. The summed E-state index contributed by atoms with van der Waals surface area (Å²) in [5, 5.41) is 12.1. The Kier molecular flexibility index (Phi) is 5.06. The van der Waals surface area contributed by atoms with Gasteiger partial charge >= 0.3 is 5.97 Å². The minimum Gasteiger partial charge on any atom is -0.493 e. The highest BCUT2D eigenvalue weighted by molar-refractivity contribution is 5.98. The summed E-state index contributed by atoms with van der Waals surface area (Å²) in [7, 11) is 2.93. The van der Waals surface area contributed by atoms with Crippen LogP contribution in [-0.4, -0.2) is 36.7 Å². The van der Waals surface area contributed by atoms with Crippen molar-refractivity contribution < 1.29 is 24.2 Å². The van der Waals surface area contributed by atoms with Gasteiger partial charge < -0.3 is 19.9 Å². The van der Waals surface area contributed by atoms with E-state index in [9.17, 15) is 14.7 Å². The third-order valence-electron chi connectivity index (χ3n) is 4.17. The molecule has 0 bridgehead atoms. The molecule has 0 spiro atoms. The second kappa shape index (κ2) is 6.25. The van der Waals surface area contributed by atoms with Crippen molar-refractivity contribution in [3.8, 4) is 11.5 Å². The van der Waals surface area contributed by atoms with E-state index in [1.807, 2.05) is 0 Å². The molecule has 0 aromatic heterocycles. The van der Waals surface area contributed by atoms with E-state index < -0.39 is 22.8 Å². The molecule has 1 rings (SSSR count). The Bertz CT molecular complexity index is 578. The van der Waals surface area contributed by atoms with Gasteiger partial charge in [0.05, 0.1) is 30.7 Å². The lowest BCUT2D eigenvalue weighted by Crippen LogP contribution is -2.57. The minimum absolute atomic E-state index is 0.288. The van der Waals surface area contributed by atoms with Gasteiger partial charge in [0, 0.05) is 0 Å². The van der Waals surface area contributed by atoms with Gasteiger partial charge in [0.2, 0.25) is 0 Å². The monoisotopic (exact) mass is 309 g/mol. The van der Waals surface area contributed by atoms with Crippen molar-refractivity contribution in [2.24, 2.45) is 5.41 Å². The topological polar surface area (TPSA) is 84.9 Å². The molecule has 1 aromatic rings. The van der Waals surface area contributed by atoms with Gasteiger partial charge in [0.15, 0.2) is 11.5 Å². The molecule has 2 N–H and O–H groups in total. The van der Waals surface area contributed by atoms with Crippen molar-refractivity contribution in [3.05, 3.63) is 23.8 Å². The highest BCUT2D eigenvalue weighted by atomic mass is 16.5. The van der Waals surface area contributed by atoms with Crippen molar-refractivity contribution in [2.45, 2.75) is 33.2 Å². The summed E-state index contributed by atoms with van der Waals surface area (Å²) in [6.45, 7) is 6.48. The van der Waals surface area contributed by atoms with Crippen LogP contribution in [0.15, 0.2) is 18.2 Å². The van der Waals surface area contributed by atoms with Crippen molar-refractivity contribution in [3.63, 3.8) is 0 Å². The number of aliphatic carboxylic acids is 1. The second-order valence-corrected chi connectivity index (χ2v) is 6.05. The molecule has 0 aliphatic rings. The summed E-state index contributed by atoms with van der Waals surface area (Å²) in [5.41, 5.74) is -1.82. The average Bonchev–Trinajstić information content (AvgIpc) is 2.45. The number of ether oxygens (including phenoxy) is 2. The van der Waals surface area contributed by atoms with Crippen LogP contribution in [0.25, 0.3) is 0 Å². The lowest BCUT2D eigenvalue weighted by atomic mass is 9.74. The second-order valence-electron chi connectivity index (χ2n) is 6.05. The van der Waals surface area contributed by atoms with Gasteiger partial charge in [-0.3, -0.25) is 9.59 Å². The summed E-state index contributed by atoms with van der Waals surface area (Å²) in [6, 6.07) is 4.95. The Morgan fingerprint density at radius 3 is 2.14 bits per heavy atom. The molecule has 1 amide bonds. The molecule has 22 heavy (non-hydrogen) atoms. The van der Waals surface area contributed by atoms with Gasteiger partial charge in [-0.1, -0.05) is 6.07 Å². The number of hydrogen-bond donors (Lipinski definition) is 2. The number of hydrogen-bond acceptors (Lipinski definition) is 4. The maximum absolute atomic E-state index is 12.5. The van der Waals surface area contributed by atoms with Gasteiger partial charge in [0.1, 0.15) is 0 Å². The van der Waals surface area contributed by atoms with Gasteiger partial charge in [-0.05, 0) is 39.8 Å². The fourth-order valence-corrected chi connectivity index (χ4v) is 1.84. The Morgan fingerprint density at radius 1 is 1.09 bits per heavy atom. The Hall–Kier alpha value is -2.24. The molecule has 0 atom stereocenters. The van der Waals surface area contributed by atoms with Crippen LogP contribution in [0, 0.1) is 5.41 Å². The number of carboxylic acids is 1. The third-order valence-corrected chi connectivity index (χ3v) is 4.17. The van der Waals surface area contributed by atoms with E-state index in [-0.39, 0.29) is 5.56 Å². The lowest BCUT2D eigenvalue weighted by molar-refractivity contribution is -0.150. The normalized spacial score (nSPS) is 11.7. The molecule has 1 aromatic carbocycles. The first kappa shape index (κ1) is 17.8. The van der Waals surface area contributed by atoms with Crippen LogP contribution in [0.3, 0.4) is 0 Å². The molecule has 6 nitrogen and oxygen atoms in total. The zero-order chi connectivity index (χ0) is 17.1. The fraction of sp³-hybridized carbons (Fsp3) is 0.500. The molecule has 0 saturated heterocycles. The molecule has 0 radical (unpaired) electrons. The zero-order valence-electron chi connectivity index (χ0n) is 13.8. The number of amides is 1. The molecule has 0 aliphatic heterocycles. The highest BCUT2D eigenvalue weighted by Crippen LogP contribution is 2.34. The van der Waals surface area contributed by atoms with Crippen molar-refractivity contribution in [1.29, 1.82) is 0 Å². The summed E-state index contributed by atoms with van der Waals surface area (Å²) in [5.74, 6) is -0.664. The zero-order valence-corrected chi connectivity index (χ0v) is 13.8. The minimum atomic E-state index is -1.14. The van der Waals surface area contributed by atoms with E-state index in [1.54, 1.807) is 45.9 Å². The van der Waals surface area contributed by atoms with E-state index in [2.05, 4.69) is 5.32 Å². The largest absolute Gasteiger partial charge is 0.493 e. The number of carbonyl (C=O) groups is 2. The van der Waals surface area contributed by atoms with E-state index in [0.717, 1.165) is 0 Å². The van der Waals surface area contributed by atoms with Gasteiger partial charge in [-0.15, -0.1) is 0 Å². The first-order chi connectivity index (χ1) is 10.1. The molecular formula is C16H23NO5. The van der Waals surface area contributed by atoms with Crippen LogP contribution in [0.1, 0.15) is 38.1 Å². The lowest BCUT2D eigenvalue weighted by Gasteiger charge is -2.38. The Morgan fingerprint density at radius 2 is 1.68 bits per heavy atom. The molecule has 0 aliphatic carbocycles. The number of carboxylic acid groups (broad SMARTS) is 1. The third kappa shape index (κ3) is 3.16. The Balaban J connectivity index is 3.16. The number of methoxy groups -OCH3 is 2. The van der Waals surface area contributed by atoms with E-state index in [4.69, 9.17) is 9.47 Å². The van der Waals surface area contributed by atoms with Crippen LogP contribution in [0.5, 0.6) is 11.5 Å². The summed E-state index contributed by atoms with van der Waals surface area (Å²) < 4.78 is 10.4. The van der Waals surface area contributed by atoms with Crippen molar-refractivity contribution in [1.82, 2.24) is 5.32 Å². The molecular weight excluding hydrogens is 286 g/mol. The number of rotatable bonds is 6. The smallest absolute Gasteiger partial charge is 0.311 e. The van der Waals surface area contributed by atoms with Gasteiger partial charge in [-0.2, -0.15) is 0 Å². The molecule has 0 saturated carbocycles. The molecule has 0 heterocycles. The first-order valence-electron chi connectivity index (χ1n) is 6.85. The predicted molar refractivity (Wildman–Crippen MR) is 82.5 cm³/mol. The van der Waals surface area contributed by atoms with E-state index in [1.165, 1.54) is 14.2 Å². The molecule has 0 unspecified atom stereocenters. The summed E-state index contributed by atoms with van der Waals surface area (Å²) >= 11 is 0. The molecule has 0 fully saturated rings. The summed E-state index contributed by atoms with van der Waals surface area (Å²) in [4.78, 5) is 24.0. The molecule has 6 heteroatoms. The number of para-hydroxylation sites is 1. The maximum Gasteiger partial charge on any atom is 0.311 e. The van der Waals surface area contributed by atoms with Crippen LogP contribution < -0.4 is 14.8 Å². The number of nitrogens with one attached hydrogen (secondary N) is 1. The summed E-state index contributed by atoms with van der Waals surface area (Å²) in [6.07, 6.45) is 0. The predicted octanol–water partition coefficient (Wildman–Crippen LogP) is 2.32. The van der Waals surface area contributed by atoms with Crippen LogP contribution in [0.4, 0.5) is 0 Å². The SMILES string of the molecule is COc1cccc(C(=O)NC(C)(C)C(C)(C)C(=O)O)c1OC. The van der Waals surface area contributed by atoms with Gasteiger partial charge in [-0.25, -0.2) is 0 Å². The van der Waals surface area contributed by atoms with Crippen LogP contribution in [-0.2, 0) is 4.79 Å². The van der Waals surface area contributed by atoms with Gasteiger partial charge in [0.25, 0.3) is 5.91 Å².